The first-order valence-electron chi connectivity index (χ1n) is 9.44. The van der Waals surface area contributed by atoms with Crippen LogP contribution in [0.25, 0.3) is 0 Å². The Balaban J connectivity index is 0.000000355. The number of para-hydroxylation sites is 1. The van der Waals surface area contributed by atoms with E-state index in [1.54, 1.807) is 0 Å². The van der Waals surface area contributed by atoms with Crippen molar-refractivity contribution in [3.8, 4) is 5.75 Å². The van der Waals surface area contributed by atoms with Gasteiger partial charge < -0.3 is 14.0 Å². The summed E-state index contributed by atoms with van der Waals surface area (Å²) in [5.41, 5.74) is -0.476. The van der Waals surface area contributed by atoms with E-state index in [4.69, 9.17) is 14.0 Å². The third-order valence-corrected chi connectivity index (χ3v) is 5.15. The van der Waals surface area contributed by atoms with E-state index in [2.05, 4.69) is 27.7 Å². The summed E-state index contributed by atoms with van der Waals surface area (Å²) in [6.45, 7) is 9.00. The van der Waals surface area contributed by atoms with Gasteiger partial charge in [-0.15, -0.1) is 0 Å². The Bertz CT molecular complexity index is 445. The highest BCUT2D eigenvalue weighted by molar-refractivity contribution is 6.45. The van der Waals surface area contributed by atoms with E-state index in [0.717, 1.165) is 18.5 Å². The summed E-state index contributed by atoms with van der Waals surface area (Å²) >= 11 is 0. The smallest absolute Gasteiger partial charge is 0.457 e. The van der Waals surface area contributed by atoms with Gasteiger partial charge in [-0.3, -0.25) is 0 Å². The summed E-state index contributed by atoms with van der Waals surface area (Å²) < 4.78 is 17.5. The standard InChI is InChI=1S/C15H23BO3.C5H10/c1-14(2)15(3,4)19-16(18-14)11-8-12-17-13-9-6-5-7-10-13;1-2-4-5-3-1/h5-7,9-10H,8,11-12H2,1-4H3;1-5H2. The minimum absolute atomic E-state index is 0.121. The van der Waals surface area contributed by atoms with Crippen molar-refractivity contribution in [3.05, 3.63) is 30.3 Å². The molecular weight excluding hydrogens is 299 g/mol. The molecule has 3 nitrogen and oxygen atoms in total. The SMILES string of the molecule is C1CCCC1.CC1(C)OB(CCCOc2ccccc2)OC1(C)C. The zero-order valence-corrected chi connectivity index (χ0v) is 15.8. The highest BCUT2D eigenvalue weighted by atomic mass is 16.7. The molecule has 1 aromatic rings. The molecule has 1 aliphatic heterocycles. The molecule has 1 saturated carbocycles. The van der Waals surface area contributed by atoms with Gasteiger partial charge in [0, 0.05) is 0 Å². The van der Waals surface area contributed by atoms with Crippen LogP contribution < -0.4 is 4.74 Å². The van der Waals surface area contributed by atoms with Gasteiger partial charge in [0.25, 0.3) is 0 Å². The van der Waals surface area contributed by atoms with Gasteiger partial charge in [-0.05, 0) is 52.6 Å². The normalized spacial score (nSPS) is 21.2. The molecule has 1 heterocycles. The highest BCUT2D eigenvalue weighted by Crippen LogP contribution is 2.37. The zero-order chi connectivity index (χ0) is 17.5. The Morgan fingerprint density at radius 3 is 1.88 bits per heavy atom. The fourth-order valence-corrected chi connectivity index (χ4v) is 2.92. The maximum absolute atomic E-state index is 5.94. The lowest BCUT2D eigenvalue weighted by Gasteiger charge is -2.32. The van der Waals surface area contributed by atoms with Gasteiger partial charge in [0.05, 0.1) is 17.8 Å². The lowest BCUT2D eigenvalue weighted by molar-refractivity contribution is 0.00578. The van der Waals surface area contributed by atoms with Crippen LogP contribution in [0.2, 0.25) is 6.32 Å². The van der Waals surface area contributed by atoms with Gasteiger partial charge in [-0.2, -0.15) is 0 Å². The Hall–Kier alpha value is -0.995. The molecule has 4 heteroatoms. The van der Waals surface area contributed by atoms with Crippen LogP contribution in [0, 0.1) is 0 Å². The van der Waals surface area contributed by atoms with Crippen LogP contribution in [-0.4, -0.2) is 24.9 Å². The predicted octanol–water partition coefficient (Wildman–Crippen LogP) is 5.50. The van der Waals surface area contributed by atoms with E-state index in [1.165, 1.54) is 32.1 Å². The van der Waals surface area contributed by atoms with Crippen molar-refractivity contribution in [2.75, 3.05) is 6.61 Å². The molecule has 3 rings (SSSR count). The van der Waals surface area contributed by atoms with Crippen molar-refractivity contribution < 1.29 is 14.0 Å². The summed E-state index contributed by atoms with van der Waals surface area (Å²) in [5, 5.41) is 0. The number of rotatable bonds is 5. The third-order valence-electron chi connectivity index (χ3n) is 5.15. The zero-order valence-electron chi connectivity index (χ0n) is 15.8. The molecule has 0 bridgehead atoms. The minimum Gasteiger partial charge on any atom is -0.494 e. The van der Waals surface area contributed by atoms with Crippen LogP contribution in [0.1, 0.15) is 66.2 Å². The van der Waals surface area contributed by atoms with Crippen molar-refractivity contribution in [1.29, 1.82) is 0 Å². The van der Waals surface area contributed by atoms with Gasteiger partial charge in [0.15, 0.2) is 0 Å². The molecule has 0 atom stereocenters. The minimum atomic E-state index is -0.238. The van der Waals surface area contributed by atoms with E-state index >= 15 is 0 Å². The van der Waals surface area contributed by atoms with Crippen molar-refractivity contribution in [2.24, 2.45) is 0 Å². The van der Waals surface area contributed by atoms with Gasteiger partial charge in [-0.25, -0.2) is 0 Å². The molecule has 0 N–H and O–H groups in total. The molecule has 1 aromatic carbocycles. The van der Waals surface area contributed by atoms with Crippen LogP contribution in [-0.2, 0) is 9.31 Å². The van der Waals surface area contributed by atoms with Gasteiger partial charge in [-0.1, -0.05) is 50.3 Å². The van der Waals surface area contributed by atoms with E-state index in [0.29, 0.717) is 6.61 Å². The van der Waals surface area contributed by atoms with Crippen LogP contribution in [0.5, 0.6) is 5.75 Å². The molecule has 0 spiro atoms. The van der Waals surface area contributed by atoms with E-state index in [9.17, 15) is 0 Å². The summed E-state index contributed by atoms with van der Waals surface area (Å²) in [6, 6.07) is 9.87. The quantitative estimate of drug-likeness (QED) is 0.526. The Morgan fingerprint density at radius 2 is 1.38 bits per heavy atom. The van der Waals surface area contributed by atoms with Crippen molar-refractivity contribution >= 4 is 7.12 Å². The summed E-state index contributed by atoms with van der Waals surface area (Å²) in [7, 11) is -0.121. The first-order valence-corrected chi connectivity index (χ1v) is 9.44. The van der Waals surface area contributed by atoms with Gasteiger partial charge in [0.2, 0.25) is 0 Å². The monoisotopic (exact) mass is 332 g/mol. The van der Waals surface area contributed by atoms with E-state index in [1.807, 2.05) is 30.3 Å². The van der Waals surface area contributed by atoms with Crippen LogP contribution in [0.15, 0.2) is 30.3 Å². The van der Waals surface area contributed by atoms with Crippen LogP contribution >= 0.6 is 0 Å². The molecule has 134 valence electrons. The van der Waals surface area contributed by atoms with Crippen LogP contribution in [0.3, 0.4) is 0 Å². The maximum Gasteiger partial charge on any atom is 0.457 e. The molecule has 0 radical (unpaired) electrons. The first kappa shape index (κ1) is 19.3. The molecule has 24 heavy (non-hydrogen) atoms. The molecule has 0 aromatic heterocycles. The fraction of sp³-hybridized carbons (Fsp3) is 0.700. The summed E-state index contributed by atoms with van der Waals surface area (Å²) in [6.07, 6.45) is 9.28. The predicted molar refractivity (Wildman–Crippen MR) is 101 cm³/mol. The number of hydrogen-bond acceptors (Lipinski definition) is 3. The highest BCUT2D eigenvalue weighted by Gasteiger charge is 2.50. The molecule has 1 saturated heterocycles. The topological polar surface area (TPSA) is 27.7 Å². The number of hydrogen-bond donors (Lipinski definition) is 0. The summed E-state index contributed by atoms with van der Waals surface area (Å²) in [5.74, 6) is 0.913. The molecule has 0 unspecified atom stereocenters. The number of ether oxygens (including phenoxy) is 1. The molecule has 2 aliphatic rings. The molecular formula is C20H33BO3. The van der Waals surface area contributed by atoms with Crippen molar-refractivity contribution in [1.82, 2.24) is 0 Å². The second-order valence-corrected chi connectivity index (χ2v) is 7.76. The first-order chi connectivity index (χ1) is 11.4. The van der Waals surface area contributed by atoms with E-state index < -0.39 is 0 Å². The Kier molecular flexibility index (Phi) is 7.18. The molecule has 2 fully saturated rings. The Morgan fingerprint density at radius 1 is 0.875 bits per heavy atom. The summed E-state index contributed by atoms with van der Waals surface area (Å²) in [4.78, 5) is 0. The fourth-order valence-electron chi connectivity index (χ4n) is 2.92. The van der Waals surface area contributed by atoms with Crippen molar-refractivity contribution in [3.63, 3.8) is 0 Å². The average molecular weight is 332 g/mol. The van der Waals surface area contributed by atoms with E-state index in [-0.39, 0.29) is 18.3 Å². The Labute approximate surface area is 148 Å². The second kappa shape index (κ2) is 8.91. The second-order valence-electron chi connectivity index (χ2n) is 7.76. The number of benzene rings is 1. The third kappa shape index (κ3) is 5.82. The molecule has 0 amide bonds. The lowest BCUT2D eigenvalue weighted by Crippen LogP contribution is -2.41. The van der Waals surface area contributed by atoms with Crippen molar-refractivity contribution in [2.45, 2.75) is 83.7 Å². The average Bonchev–Trinajstić information content (AvgIpc) is 3.16. The van der Waals surface area contributed by atoms with Gasteiger partial charge in [0.1, 0.15) is 5.75 Å². The lowest BCUT2D eigenvalue weighted by atomic mass is 9.83. The largest absolute Gasteiger partial charge is 0.494 e. The van der Waals surface area contributed by atoms with Gasteiger partial charge >= 0.3 is 7.12 Å². The molecule has 1 aliphatic carbocycles. The maximum atomic E-state index is 5.94. The van der Waals surface area contributed by atoms with Crippen LogP contribution in [0.4, 0.5) is 0 Å².